The highest BCUT2D eigenvalue weighted by molar-refractivity contribution is 7.92. The maximum Gasteiger partial charge on any atom is 0.416 e. The molecule has 1 N–H and O–H groups in total. The van der Waals surface area contributed by atoms with Crippen LogP contribution in [0.1, 0.15) is 5.56 Å². The van der Waals surface area contributed by atoms with Crippen LogP contribution in [-0.2, 0) is 16.2 Å². The lowest BCUT2D eigenvalue weighted by molar-refractivity contribution is -0.137. The first-order valence-electron chi connectivity index (χ1n) is 5.86. The molecule has 0 unspecified atom stereocenters. The summed E-state index contributed by atoms with van der Waals surface area (Å²) in [4.78, 5) is -1.23. The molecule has 0 aromatic heterocycles. The number of benzene rings is 2. The molecular formula is C13H7F6NO2S. The largest absolute Gasteiger partial charge is 0.416 e. The van der Waals surface area contributed by atoms with Crippen LogP contribution in [0.25, 0.3) is 0 Å². The van der Waals surface area contributed by atoms with Crippen LogP contribution in [0.5, 0.6) is 0 Å². The van der Waals surface area contributed by atoms with E-state index in [0.717, 1.165) is 12.1 Å². The minimum atomic E-state index is -4.74. The first-order valence-corrected chi connectivity index (χ1v) is 7.34. The van der Waals surface area contributed by atoms with E-state index in [9.17, 15) is 34.8 Å². The molecule has 0 heterocycles. The Balaban J connectivity index is 2.42. The lowest BCUT2D eigenvalue weighted by atomic mass is 10.2. The smallest absolute Gasteiger partial charge is 0.280 e. The fourth-order valence-electron chi connectivity index (χ4n) is 1.68. The molecule has 0 saturated carbocycles. The van der Waals surface area contributed by atoms with Gasteiger partial charge in [0.05, 0.1) is 5.56 Å². The molecule has 0 aliphatic rings. The summed E-state index contributed by atoms with van der Waals surface area (Å²) in [5.74, 6) is -5.57. The number of alkyl halides is 3. The third-order valence-electron chi connectivity index (χ3n) is 2.73. The van der Waals surface area contributed by atoms with E-state index >= 15 is 0 Å². The van der Waals surface area contributed by atoms with Crippen molar-refractivity contribution in [2.75, 3.05) is 4.72 Å². The van der Waals surface area contributed by atoms with Gasteiger partial charge in [-0.1, -0.05) is 6.07 Å². The Kier molecular flexibility index (Phi) is 4.29. The Morgan fingerprint density at radius 1 is 0.913 bits per heavy atom. The van der Waals surface area contributed by atoms with Gasteiger partial charge in [0.25, 0.3) is 10.0 Å². The minimum Gasteiger partial charge on any atom is -0.280 e. The first kappa shape index (κ1) is 17.1. The molecule has 3 nitrogen and oxygen atoms in total. The van der Waals surface area contributed by atoms with E-state index in [1.54, 1.807) is 4.72 Å². The van der Waals surface area contributed by atoms with Crippen molar-refractivity contribution in [2.45, 2.75) is 11.1 Å². The van der Waals surface area contributed by atoms with E-state index in [0.29, 0.717) is 24.3 Å². The van der Waals surface area contributed by atoms with E-state index in [1.807, 2.05) is 0 Å². The van der Waals surface area contributed by atoms with Crippen LogP contribution in [-0.4, -0.2) is 8.42 Å². The fourth-order valence-corrected chi connectivity index (χ4v) is 2.80. The third-order valence-corrected chi connectivity index (χ3v) is 4.13. The second-order valence-electron chi connectivity index (χ2n) is 4.36. The Labute approximate surface area is 126 Å². The van der Waals surface area contributed by atoms with Crippen LogP contribution in [0.3, 0.4) is 0 Å². The standard InChI is InChI=1S/C13H7F6NO2S/c14-9-4-5-10(12(16)11(9)15)23(21,22)20-8-3-1-2-7(6-8)13(17,18)19/h1-6,20H. The van der Waals surface area contributed by atoms with Gasteiger partial charge in [0, 0.05) is 5.69 Å². The van der Waals surface area contributed by atoms with E-state index in [1.165, 1.54) is 0 Å². The summed E-state index contributed by atoms with van der Waals surface area (Å²) in [5.41, 5.74) is -1.65. The maximum absolute atomic E-state index is 13.5. The normalized spacial score (nSPS) is 12.3. The number of halogens is 6. The topological polar surface area (TPSA) is 46.2 Å². The highest BCUT2D eigenvalue weighted by Gasteiger charge is 2.31. The molecule has 10 heteroatoms. The van der Waals surface area contributed by atoms with Gasteiger partial charge in [0.1, 0.15) is 4.90 Å². The van der Waals surface area contributed by atoms with Crippen molar-refractivity contribution in [1.82, 2.24) is 0 Å². The Hall–Kier alpha value is -2.23. The van der Waals surface area contributed by atoms with Crippen molar-refractivity contribution in [3.05, 3.63) is 59.4 Å². The zero-order valence-electron chi connectivity index (χ0n) is 11.0. The summed E-state index contributed by atoms with van der Waals surface area (Å²) in [6.07, 6.45) is -4.71. The average Bonchev–Trinajstić information content (AvgIpc) is 2.43. The highest BCUT2D eigenvalue weighted by Crippen LogP contribution is 2.31. The van der Waals surface area contributed by atoms with Gasteiger partial charge in [-0.05, 0) is 30.3 Å². The summed E-state index contributed by atoms with van der Waals surface area (Å²) in [6, 6.07) is 3.96. The second-order valence-corrected chi connectivity index (χ2v) is 6.01. The van der Waals surface area contributed by atoms with Crippen LogP contribution >= 0.6 is 0 Å². The Bertz CT molecular complexity index is 848. The van der Waals surface area contributed by atoms with Crippen LogP contribution < -0.4 is 4.72 Å². The molecule has 0 aliphatic heterocycles. The summed E-state index contributed by atoms with van der Waals surface area (Å²) in [6.45, 7) is 0. The van der Waals surface area contributed by atoms with E-state index in [-0.39, 0.29) is 0 Å². The summed E-state index contributed by atoms with van der Waals surface area (Å²) < 4.78 is 103. The summed E-state index contributed by atoms with van der Waals surface area (Å²) >= 11 is 0. The molecule has 0 amide bonds. The molecule has 0 aliphatic carbocycles. The molecular weight excluding hydrogens is 348 g/mol. The molecule has 0 bridgehead atoms. The molecule has 2 aromatic rings. The van der Waals surface area contributed by atoms with Crippen molar-refractivity contribution < 1.29 is 34.8 Å². The van der Waals surface area contributed by atoms with Gasteiger partial charge >= 0.3 is 6.18 Å². The number of sulfonamides is 1. The van der Waals surface area contributed by atoms with Crippen molar-refractivity contribution >= 4 is 15.7 Å². The van der Waals surface area contributed by atoms with Crippen molar-refractivity contribution in [2.24, 2.45) is 0 Å². The minimum absolute atomic E-state index is 0.388. The SMILES string of the molecule is O=S(=O)(Nc1cccc(C(F)(F)F)c1)c1ccc(F)c(F)c1F. The predicted molar refractivity (Wildman–Crippen MR) is 68.6 cm³/mol. The zero-order chi connectivity index (χ0) is 17.4. The number of hydrogen-bond acceptors (Lipinski definition) is 2. The predicted octanol–water partition coefficient (Wildman–Crippen LogP) is 3.92. The Morgan fingerprint density at radius 3 is 2.17 bits per heavy atom. The van der Waals surface area contributed by atoms with Crippen molar-refractivity contribution in [1.29, 1.82) is 0 Å². The fraction of sp³-hybridized carbons (Fsp3) is 0.0769. The maximum atomic E-state index is 13.5. The van der Waals surface area contributed by atoms with Crippen LogP contribution in [0, 0.1) is 17.5 Å². The van der Waals surface area contributed by atoms with Gasteiger partial charge in [-0.3, -0.25) is 4.72 Å². The third kappa shape index (κ3) is 3.58. The van der Waals surface area contributed by atoms with Gasteiger partial charge < -0.3 is 0 Å². The quantitative estimate of drug-likeness (QED) is 0.670. The highest BCUT2D eigenvalue weighted by atomic mass is 32.2. The molecule has 0 spiro atoms. The van der Waals surface area contributed by atoms with E-state index in [4.69, 9.17) is 0 Å². The summed E-state index contributed by atoms with van der Waals surface area (Å²) in [5, 5.41) is 0. The van der Waals surface area contributed by atoms with Crippen LogP contribution in [0.2, 0.25) is 0 Å². The molecule has 0 saturated heterocycles. The van der Waals surface area contributed by atoms with Gasteiger partial charge in [-0.2, -0.15) is 13.2 Å². The number of rotatable bonds is 3. The average molecular weight is 355 g/mol. The number of hydrogen-bond donors (Lipinski definition) is 1. The molecule has 124 valence electrons. The first-order chi connectivity index (χ1) is 10.5. The lowest BCUT2D eigenvalue weighted by Gasteiger charge is -2.12. The van der Waals surface area contributed by atoms with Gasteiger partial charge in [0.15, 0.2) is 17.5 Å². The lowest BCUT2D eigenvalue weighted by Crippen LogP contribution is -2.16. The van der Waals surface area contributed by atoms with Gasteiger partial charge in [-0.15, -0.1) is 0 Å². The molecule has 0 atom stereocenters. The Morgan fingerprint density at radius 2 is 1.57 bits per heavy atom. The van der Waals surface area contributed by atoms with Gasteiger partial charge in [-0.25, -0.2) is 21.6 Å². The monoisotopic (exact) mass is 355 g/mol. The molecule has 0 radical (unpaired) electrons. The van der Waals surface area contributed by atoms with E-state index in [2.05, 4.69) is 0 Å². The van der Waals surface area contributed by atoms with Crippen molar-refractivity contribution in [3.63, 3.8) is 0 Å². The number of anilines is 1. The van der Waals surface area contributed by atoms with Crippen molar-refractivity contribution in [3.8, 4) is 0 Å². The van der Waals surface area contributed by atoms with Crippen LogP contribution in [0.15, 0.2) is 41.3 Å². The second kappa shape index (κ2) is 5.76. The van der Waals surface area contributed by atoms with Crippen LogP contribution in [0.4, 0.5) is 32.0 Å². The molecule has 2 rings (SSSR count). The van der Waals surface area contributed by atoms with E-state index < -0.39 is 49.8 Å². The van der Waals surface area contributed by atoms with Gasteiger partial charge in [0.2, 0.25) is 0 Å². The molecule has 0 fully saturated rings. The molecule has 23 heavy (non-hydrogen) atoms. The molecule has 2 aromatic carbocycles. The number of nitrogens with one attached hydrogen (secondary N) is 1. The summed E-state index contributed by atoms with van der Waals surface area (Å²) in [7, 11) is -4.74. The zero-order valence-corrected chi connectivity index (χ0v) is 11.8.